The predicted molar refractivity (Wildman–Crippen MR) is 69.9 cm³/mol. The first-order valence-electron chi connectivity index (χ1n) is 7.16. The maximum Gasteiger partial charge on any atom is 0.245 e. The summed E-state index contributed by atoms with van der Waals surface area (Å²) in [5, 5.41) is 2.79. The Balaban J connectivity index is 1.89. The van der Waals surface area contributed by atoms with Gasteiger partial charge >= 0.3 is 0 Å². The van der Waals surface area contributed by atoms with Crippen molar-refractivity contribution in [2.45, 2.75) is 52.0 Å². The molecule has 1 aliphatic carbocycles. The summed E-state index contributed by atoms with van der Waals surface area (Å²) in [6, 6.07) is -0.324. The second-order valence-corrected chi connectivity index (χ2v) is 5.99. The minimum absolute atomic E-state index is 0.0141. The topological polar surface area (TPSA) is 49.4 Å². The molecule has 0 radical (unpaired) electrons. The summed E-state index contributed by atoms with van der Waals surface area (Å²) in [6.45, 7) is 4.95. The van der Waals surface area contributed by atoms with Crippen LogP contribution in [0, 0.1) is 11.8 Å². The molecule has 2 amide bonds. The third-order valence-corrected chi connectivity index (χ3v) is 4.18. The smallest absolute Gasteiger partial charge is 0.245 e. The van der Waals surface area contributed by atoms with Gasteiger partial charge in [0.1, 0.15) is 6.04 Å². The summed E-state index contributed by atoms with van der Waals surface area (Å²) in [5.74, 6) is 1.01. The van der Waals surface area contributed by atoms with Gasteiger partial charge in [-0.3, -0.25) is 9.59 Å². The molecular formula is C14H24N2O2. The molecule has 4 nitrogen and oxygen atoms in total. The van der Waals surface area contributed by atoms with E-state index in [4.69, 9.17) is 0 Å². The quantitative estimate of drug-likeness (QED) is 0.825. The zero-order valence-corrected chi connectivity index (χ0v) is 11.4. The second-order valence-electron chi connectivity index (χ2n) is 5.99. The van der Waals surface area contributed by atoms with Gasteiger partial charge in [0, 0.05) is 6.54 Å². The predicted octanol–water partition coefficient (Wildman–Crippen LogP) is 1.55. The van der Waals surface area contributed by atoms with E-state index in [2.05, 4.69) is 5.32 Å². The molecule has 2 fully saturated rings. The Morgan fingerprint density at radius 3 is 2.56 bits per heavy atom. The lowest BCUT2D eigenvalue weighted by Crippen LogP contribution is -2.59. The average molecular weight is 252 g/mol. The maximum atomic E-state index is 12.2. The van der Waals surface area contributed by atoms with Crippen molar-refractivity contribution in [3.05, 3.63) is 0 Å². The van der Waals surface area contributed by atoms with Crippen LogP contribution in [0.15, 0.2) is 0 Å². The molecule has 1 saturated heterocycles. The third kappa shape index (κ3) is 3.03. The molecule has 0 aromatic heterocycles. The van der Waals surface area contributed by atoms with Crippen LogP contribution in [-0.4, -0.2) is 35.8 Å². The van der Waals surface area contributed by atoms with Gasteiger partial charge in [-0.1, -0.05) is 39.5 Å². The van der Waals surface area contributed by atoms with Crippen molar-refractivity contribution in [2.24, 2.45) is 11.8 Å². The van der Waals surface area contributed by atoms with Gasteiger partial charge in [-0.05, 0) is 18.3 Å². The first kappa shape index (κ1) is 13.4. The summed E-state index contributed by atoms with van der Waals surface area (Å²) < 4.78 is 0. The van der Waals surface area contributed by atoms with E-state index in [1.165, 1.54) is 25.7 Å². The van der Waals surface area contributed by atoms with E-state index in [0.717, 1.165) is 18.9 Å². The standard InChI is InChI=1S/C14H24N2O2/c1-10(2)13-14(18)16(9-12(17)15-13)8-7-11-5-3-4-6-11/h10-11,13H,3-9H2,1-2H3,(H,15,17). The molecule has 18 heavy (non-hydrogen) atoms. The van der Waals surface area contributed by atoms with Crippen LogP contribution in [0.3, 0.4) is 0 Å². The summed E-state index contributed by atoms with van der Waals surface area (Å²) in [7, 11) is 0. The van der Waals surface area contributed by atoms with Crippen LogP contribution in [0.2, 0.25) is 0 Å². The van der Waals surface area contributed by atoms with E-state index < -0.39 is 0 Å². The van der Waals surface area contributed by atoms with Crippen LogP contribution in [0.1, 0.15) is 46.0 Å². The van der Waals surface area contributed by atoms with Crippen molar-refractivity contribution in [1.82, 2.24) is 10.2 Å². The molecule has 1 heterocycles. The lowest BCUT2D eigenvalue weighted by atomic mass is 9.99. The van der Waals surface area contributed by atoms with Crippen LogP contribution in [-0.2, 0) is 9.59 Å². The minimum atomic E-state index is -0.324. The van der Waals surface area contributed by atoms with E-state index in [1.807, 2.05) is 13.8 Å². The fourth-order valence-corrected chi connectivity index (χ4v) is 3.01. The SMILES string of the molecule is CC(C)C1NC(=O)CN(CCC2CCCC2)C1=O. The highest BCUT2D eigenvalue weighted by molar-refractivity contribution is 5.94. The van der Waals surface area contributed by atoms with Crippen molar-refractivity contribution in [3.63, 3.8) is 0 Å². The summed E-state index contributed by atoms with van der Waals surface area (Å²) in [5.41, 5.74) is 0. The van der Waals surface area contributed by atoms with Crippen LogP contribution >= 0.6 is 0 Å². The molecule has 1 saturated carbocycles. The molecule has 2 rings (SSSR count). The Hall–Kier alpha value is -1.06. The Bertz CT molecular complexity index is 322. The number of hydrogen-bond donors (Lipinski definition) is 1. The molecule has 0 aromatic rings. The lowest BCUT2D eigenvalue weighted by molar-refractivity contribution is -0.145. The molecule has 1 aliphatic heterocycles. The van der Waals surface area contributed by atoms with Gasteiger partial charge in [0.25, 0.3) is 0 Å². The molecule has 1 atom stereocenters. The second kappa shape index (κ2) is 5.72. The largest absolute Gasteiger partial charge is 0.343 e. The number of nitrogens with zero attached hydrogens (tertiary/aromatic N) is 1. The van der Waals surface area contributed by atoms with Crippen molar-refractivity contribution < 1.29 is 9.59 Å². The van der Waals surface area contributed by atoms with E-state index in [0.29, 0.717) is 0 Å². The maximum absolute atomic E-state index is 12.2. The highest BCUT2D eigenvalue weighted by atomic mass is 16.2. The average Bonchev–Trinajstić information content (AvgIpc) is 2.82. The monoisotopic (exact) mass is 252 g/mol. The minimum Gasteiger partial charge on any atom is -0.343 e. The highest BCUT2D eigenvalue weighted by Gasteiger charge is 2.34. The van der Waals surface area contributed by atoms with Gasteiger partial charge in [0.2, 0.25) is 11.8 Å². The number of amides is 2. The molecule has 102 valence electrons. The number of carbonyl (C=O) groups is 2. The Morgan fingerprint density at radius 1 is 1.28 bits per heavy atom. The first-order chi connectivity index (χ1) is 8.58. The van der Waals surface area contributed by atoms with Crippen LogP contribution in [0.4, 0.5) is 0 Å². The zero-order chi connectivity index (χ0) is 13.1. The van der Waals surface area contributed by atoms with E-state index in [9.17, 15) is 9.59 Å². The number of nitrogens with one attached hydrogen (secondary N) is 1. The molecule has 0 aromatic carbocycles. The van der Waals surface area contributed by atoms with Gasteiger partial charge in [0.05, 0.1) is 6.54 Å². The lowest BCUT2D eigenvalue weighted by Gasteiger charge is -2.34. The van der Waals surface area contributed by atoms with Crippen LogP contribution in [0.5, 0.6) is 0 Å². The molecule has 2 aliphatic rings. The number of carbonyl (C=O) groups excluding carboxylic acids is 2. The molecule has 1 N–H and O–H groups in total. The Morgan fingerprint density at radius 2 is 1.94 bits per heavy atom. The highest BCUT2D eigenvalue weighted by Crippen LogP contribution is 2.27. The fraction of sp³-hybridized carbons (Fsp3) is 0.857. The Kier molecular flexibility index (Phi) is 4.25. The molecule has 1 unspecified atom stereocenters. The Labute approximate surface area is 109 Å². The third-order valence-electron chi connectivity index (χ3n) is 4.18. The normalized spacial score (nSPS) is 25.9. The molecule has 0 spiro atoms. The van der Waals surface area contributed by atoms with Gasteiger partial charge in [-0.2, -0.15) is 0 Å². The zero-order valence-electron chi connectivity index (χ0n) is 11.4. The summed E-state index contributed by atoms with van der Waals surface area (Å²) >= 11 is 0. The van der Waals surface area contributed by atoms with E-state index in [-0.39, 0.29) is 30.3 Å². The number of rotatable bonds is 4. The van der Waals surface area contributed by atoms with E-state index >= 15 is 0 Å². The summed E-state index contributed by atoms with van der Waals surface area (Å²) in [6.07, 6.45) is 6.30. The summed E-state index contributed by atoms with van der Waals surface area (Å²) in [4.78, 5) is 25.6. The van der Waals surface area contributed by atoms with Crippen molar-refractivity contribution in [3.8, 4) is 0 Å². The molecule has 4 heteroatoms. The van der Waals surface area contributed by atoms with Gasteiger partial charge < -0.3 is 10.2 Å². The van der Waals surface area contributed by atoms with Crippen molar-refractivity contribution in [2.75, 3.05) is 13.1 Å². The van der Waals surface area contributed by atoms with Gasteiger partial charge in [-0.15, -0.1) is 0 Å². The van der Waals surface area contributed by atoms with Gasteiger partial charge in [0.15, 0.2) is 0 Å². The van der Waals surface area contributed by atoms with Gasteiger partial charge in [-0.25, -0.2) is 0 Å². The molecular weight excluding hydrogens is 228 g/mol. The van der Waals surface area contributed by atoms with Crippen molar-refractivity contribution in [1.29, 1.82) is 0 Å². The number of hydrogen-bond acceptors (Lipinski definition) is 2. The first-order valence-corrected chi connectivity index (χ1v) is 7.16. The number of piperazine rings is 1. The van der Waals surface area contributed by atoms with Crippen LogP contribution < -0.4 is 5.32 Å². The van der Waals surface area contributed by atoms with E-state index in [1.54, 1.807) is 4.90 Å². The molecule has 0 bridgehead atoms. The fourth-order valence-electron chi connectivity index (χ4n) is 3.01. The van der Waals surface area contributed by atoms with Crippen molar-refractivity contribution >= 4 is 11.8 Å². The van der Waals surface area contributed by atoms with Crippen LogP contribution in [0.25, 0.3) is 0 Å².